The fourth-order valence-electron chi connectivity index (χ4n) is 6.49. The second-order valence-corrected chi connectivity index (χ2v) is 15.7. The van der Waals surface area contributed by atoms with Crippen molar-refractivity contribution in [2.45, 2.75) is 63.2 Å². The van der Waals surface area contributed by atoms with Crippen molar-refractivity contribution in [3.8, 4) is 0 Å². The van der Waals surface area contributed by atoms with Crippen molar-refractivity contribution in [1.29, 1.82) is 0 Å². The average Bonchev–Trinajstić information content (AvgIpc) is 2.95. The van der Waals surface area contributed by atoms with Crippen LogP contribution in [0.1, 0.15) is 57.9 Å². The summed E-state index contributed by atoms with van der Waals surface area (Å²) in [6, 6.07) is 31.7. The standard InChI is InChI=1S/C33H38O4Si/c1-32(2,3)38(26-18-10-6-11-19-26,27-20-12-7-13-21-27)37-33-23-15-14-22-29(33)28(25-16-8-5-9-17-25)24-30(36-33)31(34)35-4/h5-13,16-21,24,28-29H,14-15,22-23H2,1-4H3/t28-,29-,33-/m0/s1. The van der Waals surface area contributed by atoms with Gasteiger partial charge in [-0.25, -0.2) is 4.79 Å². The van der Waals surface area contributed by atoms with Crippen molar-refractivity contribution in [3.05, 3.63) is 108 Å². The molecule has 1 saturated carbocycles. The number of rotatable bonds is 6. The van der Waals surface area contributed by atoms with Crippen molar-refractivity contribution in [3.63, 3.8) is 0 Å². The van der Waals surface area contributed by atoms with Crippen LogP contribution in [0.3, 0.4) is 0 Å². The van der Waals surface area contributed by atoms with E-state index >= 15 is 0 Å². The topological polar surface area (TPSA) is 44.8 Å². The van der Waals surface area contributed by atoms with Gasteiger partial charge in [-0.15, -0.1) is 0 Å². The lowest BCUT2D eigenvalue weighted by atomic mass is 9.71. The second kappa shape index (κ2) is 10.5. The molecular weight excluding hydrogens is 488 g/mol. The van der Waals surface area contributed by atoms with Crippen LogP contribution in [-0.2, 0) is 18.7 Å². The molecule has 1 fully saturated rings. The Hall–Kier alpha value is -3.15. The number of allylic oxidation sites excluding steroid dienone is 1. The van der Waals surface area contributed by atoms with Crippen LogP contribution in [0.4, 0.5) is 0 Å². The molecule has 0 aromatic heterocycles. The van der Waals surface area contributed by atoms with Gasteiger partial charge in [0, 0.05) is 18.3 Å². The summed E-state index contributed by atoms with van der Waals surface area (Å²) in [4.78, 5) is 13.0. The van der Waals surface area contributed by atoms with Gasteiger partial charge in [0.05, 0.1) is 7.11 Å². The molecular formula is C33H38O4Si. The molecule has 1 aliphatic heterocycles. The average molecular weight is 527 g/mol. The molecule has 0 unspecified atom stereocenters. The quantitative estimate of drug-likeness (QED) is 0.279. The largest absolute Gasteiger partial charge is 0.463 e. The molecule has 4 nitrogen and oxygen atoms in total. The maximum Gasteiger partial charge on any atom is 0.373 e. The number of hydrogen-bond donors (Lipinski definition) is 0. The maximum absolute atomic E-state index is 13.0. The van der Waals surface area contributed by atoms with E-state index in [9.17, 15) is 4.79 Å². The van der Waals surface area contributed by atoms with Gasteiger partial charge in [-0.3, -0.25) is 0 Å². The number of ether oxygens (including phenoxy) is 2. The zero-order valence-electron chi connectivity index (χ0n) is 22.9. The summed E-state index contributed by atoms with van der Waals surface area (Å²) in [6.45, 7) is 6.84. The van der Waals surface area contributed by atoms with Crippen molar-refractivity contribution >= 4 is 24.7 Å². The summed E-state index contributed by atoms with van der Waals surface area (Å²) in [5.41, 5.74) is 1.17. The molecule has 0 amide bonds. The first-order valence-corrected chi connectivity index (χ1v) is 15.6. The Kier molecular flexibility index (Phi) is 7.34. The highest BCUT2D eigenvalue weighted by Crippen LogP contribution is 2.53. The smallest absolute Gasteiger partial charge is 0.373 e. The molecule has 5 heteroatoms. The van der Waals surface area contributed by atoms with Crippen LogP contribution in [-0.4, -0.2) is 27.2 Å². The number of esters is 1. The van der Waals surface area contributed by atoms with E-state index in [2.05, 4.69) is 106 Å². The zero-order valence-corrected chi connectivity index (χ0v) is 23.9. The first-order chi connectivity index (χ1) is 18.3. The number of hydrogen-bond acceptors (Lipinski definition) is 4. The van der Waals surface area contributed by atoms with Gasteiger partial charge in [-0.05, 0) is 39.9 Å². The first kappa shape index (κ1) is 26.5. The van der Waals surface area contributed by atoms with Crippen LogP contribution >= 0.6 is 0 Å². The van der Waals surface area contributed by atoms with Crippen molar-refractivity contribution in [1.82, 2.24) is 0 Å². The van der Waals surface area contributed by atoms with Crippen LogP contribution < -0.4 is 10.4 Å². The van der Waals surface area contributed by atoms with E-state index in [4.69, 9.17) is 13.9 Å². The number of methoxy groups -OCH3 is 1. The zero-order chi connectivity index (χ0) is 26.8. The Balaban J connectivity index is 1.74. The van der Waals surface area contributed by atoms with E-state index in [-0.39, 0.29) is 22.6 Å². The van der Waals surface area contributed by atoms with E-state index in [0.717, 1.165) is 25.7 Å². The minimum Gasteiger partial charge on any atom is -0.463 e. The predicted octanol–water partition coefficient (Wildman–Crippen LogP) is 6.32. The van der Waals surface area contributed by atoms with Gasteiger partial charge in [0.15, 0.2) is 0 Å². The van der Waals surface area contributed by atoms with Gasteiger partial charge >= 0.3 is 5.97 Å². The Morgan fingerprint density at radius 2 is 1.42 bits per heavy atom. The summed E-state index contributed by atoms with van der Waals surface area (Å²) < 4.78 is 19.7. The molecule has 3 aromatic carbocycles. The van der Waals surface area contributed by atoms with E-state index in [1.807, 2.05) is 12.1 Å². The van der Waals surface area contributed by atoms with Crippen LogP contribution in [0.15, 0.2) is 103 Å². The molecule has 3 aromatic rings. The Bertz CT molecular complexity index is 1230. The van der Waals surface area contributed by atoms with Gasteiger partial charge in [-0.1, -0.05) is 118 Å². The maximum atomic E-state index is 13.0. The lowest BCUT2D eigenvalue weighted by Crippen LogP contribution is -2.71. The molecule has 0 radical (unpaired) electrons. The minimum absolute atomic E-state index is 0.0161. The summed E-state index contributed by atoms with van der Waals surface area (Å²) in [5.74, 6) is -1.12. The molecule has 0 spiro atoms. The molecule has 0 bridgehead atoms. The monoisotopic (exact) mass is 526 g/mol. The summed E-state index contributed by atoms with van der Waals surface area (Å²) in [6.07, 6.45) is 5.72. The molecule has 198 valence electrons. The van der Waals surface area contributed by atoms with Crippen molar-refractivity contribution < 1.29 is 18.7 Å². The van der Waals surface area contributed by atoms with Crippen LogP contribution in [0.5, 0.6) is 0 Å². The fourth-order valence-corrected chi connectivity index (χ4v) is 11.2. The number of fused-ring (bicyclic) bond motifs is 1. The van der Waals surface area contributed by atoms with Gasteiger partial charge in [-0.2, -0.15) is 0 Å². The van der Waals surface area contributed by atoms with Crippen LogP contribution in [0, 0.1) is 5.92 Å². The molecule has 38 heavy (non-hydrogen) atoms. The Morgan fingerprint density at radius 3 is 1.95 bits per heavy atom. The highest BCUT2D eigenvalue weighted by atomic mass is 28.4. The predicted molar refractivity (Wildman–Crippen MR) is 154 cm³/mol. The molecule has 0 saturated heterocycles. The van der Waals surface area contributed by atoms with Gasteiger partial charge in [0.1, 0.15) is 0 Å². The molecule has 1 aliphatic carbocycles. The van der Waals surface area contributed by atoms with Crippen molar-refractivity contribution in [2.75, 3.05) is 7.11 Å². The normalized spacial score (nSPS) is 23.5. The highest BCUT2D eigenvalue weighted by Gasteiger charge is 2.60. The second-order valence-electron chi connectivity index (χ2n) is 11.5. The van der Waals surface area contributed by atoms with E-state index in [1.54, 1.807) is 0 Å². The van der Waals surface area contributed by atoms with Crippen LogP contribution in [0.2, 0.25) is 5.04 Å². The summed E-state index contributed by atoms with van der Waals surface area (Å²) >= 11 is 0. The van der Waals surface area contributed by atoms with Gasteiger partial charge < -0.3 is 13.9 Å². The fraction of sp³-hybridized carbons (Fsp3) is 0.364. The Labute approximate surface area is 227 Å². The first-order valence-electron chi connectivity index (χ1n) is 13.7. The summed E-state index contributed by atoms with van der Waals surface area (Å²) in [5, 5.41) is 2.18. The molecule has 2 aliphatic rings. The van der Waals surface area contributed by atoms with Crippen molar-refractivity contribution in [2.24, 2.45) is 5.92 Å². The van der Waals surface area contributed by atoms with E-state index < -0.39 is 20.1 Å². The summed E-state index contributed by atoms with van der Waals surface area (Å²) in [7, 11) is -1.55. The SMILES string of the molecule is COC(=O)C1=C[C@@H](c2ccccc2)[C@@H]2CCCC[C@@]2(O[Si](c2ccccc2)(c2ccccc2)C(C)(C)C)O1. The Morgan fingerprint density at radius 1 is 0.868 bits per heavy atom. The number of carbonyl (C=O) groups is 1. The molecule has 1 heterocycles. The third-order valence-corrected chi connectivity index (χ3v) is 13.3. The third-order valence-electron chi connectivity index (χ3n) is 8.22. The molecule has 3 atom stereocenters. The van der Waals surface area contributed by atoms with Gasteiger partial charge in [0.2, 0.25) is 11.5 Å². The van der Waals surface area contributed by atoms with E-state index in [1.165, 1.54) is 23.0 Å². The van der Waals surface area contributed by atoms with E-state index in [0.29, 0.717) is 0 Å². The highest BCUT2D eigenvalue weighted by molar-refractivity contribution is 6.99. The number of benzene rings is 3. The molecule has 0 N–H and O–H groups in total. The van der Waals surface area contributed by atoms with Gasteiger partial charge in [0.25, 0.3) is 8.32 Å². The third kappa shape index (κ3) is 4.63. The lowest BCUT2D eigenvalue weighted by molar-refractivity contribution is -0.231. The lowest BCUT2D eigenvalue weighted by Gasteiger charge is -2.55. The number of carbonyl (C=O) groups excluding carboxylic acids is 1. The molecule has 5 rings (SSSR count). The minimum atomic E-state index is -2.96. The van der Waals surface area contributed by atoms with Crippen LogP contribution in [0.25, 0.3) is 0 Å².